The highest BCUT2D eigenvalue weighted by Gasteiger charge is 2.35. The summed E-state index contributed by atoms with van der Waals surface area (Å²) >= 11 is 1.56. The molecule has 102 valence electrons. The number of nitrogens with one attached hydrogen (secondary N) is 1. The summed E-state index contributed by atoms with van der Waals surface area (Å²) in [5.74, 6) is -0.335. The van der Waals surface area contributed by atoms with E-state index in [0.29, 0.717) is 0 Å². The van der Waals surface area contributed by atoms with Crippen molar-refractivity contribution < 1.29 is 9.59 Å². The van der Waals surface area contributed by atoms with E-state index in [9.17, 15) is 9.59 Å². The molecule has 1 aliphatic heterocycles. The lowest BCUT2D eigenvalue weighted by Gasteiger charge is -2.12. The van der Waals surface area contributed by atoms with Crippen LogP contribution in [0.3, 0.4) is 0 Å². The van der Waals surface area contributed by atoms with Crippen molar-refractivity contribution in [3.8, 4) is 10.6 Å². The van der Waals surface area contributed by atoms with E-state index in [2.05, 4.69) is 10.3 Å². The maximum absolute atomic E-state index is 11.9. The Morgan fingerprint density at radius 3 is 2.90 bits per heavy atom. The van der Waals surface area contributed by atoms with E-state index >= 15 is 0 Å². The number of likely N-dealkylation sites (tertiary alicyclic amines) is 1. The SMILES string of the molecule is CN1C(=O)CC(Nc2cccc(-c3nccs3)c2)C1=O. The van der Waals surface area contributed by atoms with Gasteiger partial charge in [-0.1, -0.05) is 12.1 Å². The molecule has 5 nitrogen and oxygen atoms in total. The number of thiazole rings is 1. The Morgan fingerprint density at radius 1 is 1.40 bits per heavy atom. The second kappa shape index (κ2) is 5.05. The van der Waals surface area contributed by atoms with Crippen molar-refractivity contribution in [1.29, 1.82) is 0 Å². The summed E-state index contributed by atoms with van der Waals surface area (Å²) in [6.07, 6.45) is 1.96. The minimum Gasteiger partial charge on any atom is -0.373 e. The zero-order valence-corrected chi connectivity index (χ0v) is 11.7. The number of benzene rings is 1. The number of carbonyl (C=O) groups excluding carboxylic acids is 2. The quantitative estimate of drug-likeness (QED) is 0.877. The van der Waals surface area contributed by atoms with Crippen LogP contribution in [-0.4, -0.2) is 34.8 Å². The second-order valence-electron chi connectivity index (χ2n) is 4.61. The van der Waals surface area contributed by atoms with Crippen LogP contribution in [0.25, 0.3) is 10.6 Å². The van der Waals surface area contributed by atoms with E-state index < -0.39 is 6.04 Å². The van der Waals surface area contributed by atoms with Gasteiger partial charge in [-0.15, -0.1) is 11.3 Å². The van der Waals surface area contributed by atoms with Crippen LogP contribution in [0.2, 0.25) is 0 Å². The second-order valence-corrected chi connectivity index (χ2v) is 5.50. The molecule has 0 radical (unpaired) electrons. The Hall–Kier alpha value is -2.21. The highest BCUT2D eigenvalue weighted by atomic mass is 32.1. The third-order valence-electron chi connectivity index (χ3n) is 3.26. The van der Waals surface area contributed by atoms with Crippen molar-refractivity contribution in [2.24, 2.45) is 0 Å². The minimum atomic E-state index is -0.473. The molecule has 1 aromatic heterocycles. The first kappa shape index (κ1) is 12.8. The average molecular weight is 287 g/mol. The van der Waals surface area contributed by atoms with Crippen molar-refractivity contribution in [3.05, 3.63) is 35.8 Å². The van der Waals surface area contributed by atoms with E-state index in [4.69, 9.17) is 0 Å². The van der Waals surface area contributed by atoms with Crippen molar-refractivity contribution in [2.45, 2.75) is 12.5 Å². The number of anilines is 1. The number of imide groups is 1. The number of carbonyl (C=O) groups is 2. The van der Waals surface area contributed by atoms with Crippen molar-refractivity contribution in [3.63, 3.8) is 0 Å². The number of rotatable bonds is 3. The first-order chi connectivity index (χ1) is 9.65. The molecule has 0 saturated carbocycles. The standard InChI is InChI=1S/C14H13N3O2S/c1-17-12(18)8-11(14(17)19)16-10-4-2-3-9(7-10)13-15-5-6-20-13/h2-7,11,16H,8H2,1H3. The summed E-state index contributed by atoms with van der Waals surface area (Å²) in [6, 6.07) is 7.23. The van der Waals surface area contributed by atoms with Crippen LogP contribution in [0.1, 0.15) is 6.42 Å². The molecule has 0 spiro atoms. The molecule has 2 amide bonds. The van der Waals surface area contributed by atoms with Gasteiger partial charge in [-0.3, -0.25) is 14.5 Å². The van der Waals surface area contributed by atoms with E-state index in [-0.39, 0.29) is 18.2 Å². The first-order valence-electron chi connectivity index (χ1n) is 6.22. The molecule has 0 bridgehead atoms. The minimum absolute atomic E-state index is 0.149. The van der Waals surface area contributed by atoms with Gasteiger partial charge in [-0.05, 0) is 12.1 Å². The van der Waals surface area contributed by atoms with Crippen molar-refractivity contribution in [2.75, 3.05) is 12.4 Å². The van der Waals surface area contributed by atoms with Gasteiger partial charge >= 0.3 is 0 Å². The molecule has 2 aromatic rings. The fourth-order valence-electron chi connectivity index (χ4n) is 2.18. The van der Waals surface area contributed by atoms with E-state index in [0.717, 1.165) is 16.3 Å². The van der Waals surface area contributed by atoms with E-state index in [1.165, 1.54) is 11.9 Å². The third-order valence-corrected chi connectivity index (χ3v) is 4.09. The van der Waals surface area contributed by atoms with Gasteiger partial charge in [0.2, 0.25) is 5.91 Å². The van der Waals surface area contributed by atoms with Crippen LogP contribution in [0.15, 0.2) is 35.8 Å². The number of hydrogen-bond acceptors (Lipinski definition) is 5. The van der Waals surface area contributed by atoms with Crippen LogP contribution in [0, 0.1) is 0 Å². The lowest BCUT2D eigenvalue weighted by atomic mass is 10.1. The van der Waals surface area contributed by atoms with E-state index in [1.807, 2.05) is 29.6 Å². The van der Waals surface area contributed by atoms with Gasteiger partial charge in [-0.2, -0.15) is 0 Å². The van der Waals surface area contributed by atoms with Gasteiger partial charge in [0.1, 0.15) is 11.0 Å². The topological polar surface area (TPSA) is 62.3 Å². The number of likely N-dealkylation sites (N-methyl/N-ethyl adjacent to an activating group) is 1. The maximum atomic E-state index is 11.9. The zero-order chi connectivity index (χ0) is 14.1. The maximum Gasteiger partial charge on any atom is 0.251 e. The fraction of sp³-hybridized carbons (Fsp3) is 0.214. The van der Waals surface area contributed by atoms with Gasteiger partial charge in [0, 0.05) is 29.9 Å². The van der Waals surface area contributed by atoms with Gasteiger partial charge in [0.25, 0.3) is 5.91 Å². The van der Waals surface area contributed by atoms with Gasteiger partial charge in [0.05, 0.1) is 6.42 Å². The molecule has 1 aliphatic rings. The number of amides is 2. The van der Waals surface area contributed by atoms with Crippen molar-refractivity contribution >= 4 is 28.8 Å². The van der Waals surface area contributed by atoms with Crippen molar-refractivity contribution in [1.82, 2.24) is 9.88 Å². The van der Waals surface area contributed by atoms with Gasteiger partial charge in [-0.25, -0.2) is 4.98 Å². The molecule has 2 heterocycles. The Balaban J connectivity index is 1.80. The van der Waals surface area contributed by atoms with E-state index in [1.54, 1.807) is 17.5 Å². The molecule has 1 saturated heterocycles. The number of aromatic nitrogens is 1. The van der Waals surface area contributed by atoms with Crippen LogP contribution in [0.5, 0.6) is 0 Å². The molecule has 1 atom stereocenters. The Bertz CT molecular complexity index is 654. The number of hydrogen-bond donors (Lipinski definition) is 1. The average Bonchev–Trinajstić information content (AvgIpc) is 3.06. The predicted molar refractivity (Wildman–Crippen MR) is 77.4 cm³/mol. The first-order valence-corrected chi connectivity index (χ1v) is 7.10. The van der Waals surface area contributed by atoms with Crippen LogP contribution < -0.4 is 5.32 Å². The highest BCUT2D eigenvalue weighted by Crippen LogP contribution is 2.25. The molecule has 1 unspecified atom stereocenters. The summed E-state index contributed by atoms with van der Waals surface area (Å²) in [5, 5.41) is 5.97. The van der Waals surface area contributed by atoms with Gasteiger partial charge in [0.15, 0.2) is 0 Å². The molecule has 1 aromatic carbocycles. The van der Waals surface area contributed by atoms with Gasteiger partial charge < -0.3 is 5.32 Å². The molecule has 3 rings (SSSR count). The number of nitrogens with zero attached hydrogens (tertiary/aromatic N) is 2. The highest BCUT2D eigenvalue weighted by molar-refractivity contribution is 7.13. The third kappa shape index (κ3) is 2.30. The predicted octanol–water partition coefficient (Wildman–Crippen LogP) is 1.98. The lowest BCUT2D eigenvalue weighted by Crippen LogP contribution is -2.31. The molecule has 1 N–H and O–H groups in total. The summed E-state index contributed by atoms with van der Waals surface area (Å²) in [6.45, 7) is 0. The van der Waals surface area contributed by atoms with Crippen LogP contribution >= 0.6 is 11.3 Å². The Kier molecular flexibility index (Phi) is 3.23. The summed E-state index contributed by atoms with van der Waals surface area (Å²) in [5.41, 5.74) is 1.81. The molecule has 6 heteroatoms. The summed E-state index contributed by atoms with van der Waals surface area (Å²) in [4.78, 5) is 28.8. The molecule has 0 aliphatic carbocycles. The largest absolute Gasteiger partial charge is 0.373 e. The summed E-state index contributed by atoms with van der Waals surface area (Å²) in [7, 11) is 1.51. The summed E-state index contributed by atoms with van der Waals surface area (Å²) < 4.78 is 0. The zero-order valence-electron chi connectivity index (χ0n) is 10.9. The van der Waals surface area contributed by atoms with Crippen LogP contribution in [-0.2, 0) is 9.59 Å². The monoisotopic (exact) mass is 287 g/mol. The molecule has 20 heavy (non-hydrogen) atoms. The lowest BCUT2D eigenvalue weighted by molar-refractivity contribution is -0.136. The molecular weight excluding hydrogens is 274 g/mol. The molecule has 1 fully saturated rings. The van der Waals surface area contributed by atoms with Crippen LogP contribution in [0.4, 0.5) is 5.69 Å². The Morgan fingerprint density at radius 2 is 2.25 bits per heavy atom. The smallest absolute Gasteiger partial charge is 0.251 e. The normalized spacial score (nSPS) is 18.6. The molecular formula is C14H13N3O2S. The Labute approximate surface area is 120 Å². The fourth-order valence-corrected chi connectivity index (χ4v) is 2.81.